The molecule has 2 heterocycles. The highest BCUT2D eigenvalue weighted by Gasteiger charge is 2.15. The highest BCUT2D eigenvalue weighted by atomic mass is 32.2. The number of anilines is 1. The third-order valence-corrected chi connectivity index (χ3v) is 4.33. The van der Waals surface area contributed by atoms with Gasteiger partial charge in [0.25, 0.3) is 0 Å². The minimum absolute atomic E-state index is 0.155. The first-order chi connectivity index (χ1) is 12.2. The van der Waals surface area contributed by atoms with Crippen LogP contribution < -0.4 is 5.32 Å². The average Bonchev–Trinajstić information content (AvgIpc) is 3.22. The lowest BCUT2D eigenvalue weighted by Crippen LogP contribution is -2.16. The minimum Gasteiger partial charge on any atom is -0.325 e. The molecule has 8 heteroatoms. The second-order valence-electron chi connectivity index (χ2n) is 5.37. The first-order valence-electron chi connectivity index (χ1n) is 7.93. The molecule has 2 aromatic heterocycles. The van der Waals surface area contributed by atoms with Gasteiger partial charge in [-0.3, -0.25) is 9.47 Å². The van der Waals surface area contributed by atoms with Crippen molar-refractivity contribution < 1.29 is 9.18 Å². The van der Waals surface area contributed by atoms with E-state index in [1.54, 1.807) is 12.1 Å². The Kier molecular flexibility index (Phi) is 5.49. The fourth-order valence-electron chi connectivity index (χ4n) is 2.35. The van der Waals surface area contributed by atoms with E-state index in [4.69, 9.17) is 0 Å². The summed E-state index contributed by atoms with van der Waals surface area (Å²) in [6, 6.07) is 9.65. The van der Waals surface area contributed by atoms with Crippen molar-refractivity contribution in [1.82, 2.24) is 19.5 Å². The molecule has 0 saturated carbocycles. The van der Waals surface area contributed by atoms with Crippen LogP contribution in [0, 0.1) is 5.82 Å². The first-order valence-corrected chi connectivity index (χ1v) is 8.92. The van der Waals surface area contributed by atoms with Gasteiger partial charge in [0, 0.05) is 24.5 Å². The second-order valence-corrected chi connectivity index (χ2v) is 6.31. The van der Waals surface area contributed by atoms with Crippen LogP contribution in [0.5, 0.6) is 0 Å². The van der Waals surface area contributed by atoms with Crippen LogP contribution in [0.2, 0.25) is 0 Å². The average molecular weight is 359 g/mol. The molecule has 0 radical (unpaired) electrons. The Labute approximate surface area is 149 Å². The Morgan fingerprint density at radius 3 is 2.76 bits per heavy atom. The lowest BCUT2D eigenvalue weighted by Gasteiger charge is -2.10. The molecule has 0 saturated heterocycles. The van der Waals surface area contributed by atoms with Gasteiger partial charge in [0.1, 0.15) is 5.82 Å². The van der Waals surface area contributed by atoms with Crippen molar-refractivity contribution in [3.63, 3.8) is 0 Å². The van der Waals surface area contributed by atoms with E-state index in [9.17, 15) is 9.18 Å². The van der Waals surface area contributed by atoms with Crippen molar-refractivity contribution in [3.8, 4) is 0 Å². The summed E-state index contributed by atoms with van der Waals surface area (Å²) in [5.41, 5.74) is 0.434. The summed E-state index contributed by atoms with van der Waals surface area (Å²) in [5, 5.41) is 11.7. The van der Waals surface area contributed by atoms with Crippen LogP contribution in [-0.2, 0) is 11.2 Å². The van der Waals surface area contributed by atoms with Crippen molar-refractivity contribution in [1.29, 1.82) is 0 Å². The predicted molar refractivity (Wildman–Crippen MR) is 95.0 cm³/mol. The Morgan fingerprint density at radius 2 is 2.04 bits per heavy atom. The molecule has 3 aromatic rings. The molecule has 0 spiro atoms. The van der Waals surface area contributed by atoms with Gasteiger partial charge in [0.2, 0.25) is 11.1 Å². The predicted octanol–water partition coefficient (Wildman–Crippen LogP) is 3.21. The van der Waals surface area contributed by atoms with Gasteiger partial charge in [-0.1, -0.05) is 24.8 Å². The van der Waals surface area contributed by atoms with Crippen LogP contribution in [0.3, 0.4) is 0 Å². The van der Waals surface area contributed by atoms with Crippen LogP contribution in [0.4, 0.5) is 10.1 Å². The maximum Gasteiger partial charge on any atom is 0.234 e. The van der Waals surface area contributed by atoms with Gasteiger partial charge >= 0.3 is 0 Å². The quantitative estimate of drug-likeness (QED) is 0.658. The molecule has 0 aliphatic carbocycles. The van der Waals surface area contributed by atoms with Crippen LogP contribution in [0.1, 0.15) is 19.2 Å². The van der Waals surface area contributed by atoms with E-state index in [-0.39, 0.29) is 17.5 Å². The molecule has 1 aromatic carbocycles. The van der Waals surface area contributed by atoms with E-state index in [2.05, 4.69) is 22.4 Å². The number of nitrogens with one attached hydrogen (secondary N) is 1. The summed E-state index contributed by atoms with van der Waals surface area (Å²) >= 11 is 1.29. The number of hydrogen-bond acceptors (Lipinski definition) is 4. The van der Waals surface area contributed by atoms with Crippen molar-refractivity contribution in [3.05, 3.63) is 60.4 Å². The molecule has 0 unspecified atom stereocenters. The van der Waals surface area contributed by atoms with Gasteiger partial charge in [-0.05, 0) is 36.8 Å². The summed E-state index contributed by atoms with van der Waals surface area (Å²) in [7, 11) is 0. The fraction of sp³-hybridized carbons (Fsp3) is 0.235. The Balaban J connectivity index is 1.69. The Morgan fingerprint density at radius 1 is 1.24 bits per heavy atom. The summed E-state index contributed by atoms with van der Waals surface area (Å²) < 4.78 is 17.0. The standard InChI is InChI=1S/C17H18FN5OS/c1-2-6-15-20-21-17(23(15)22-9-3-4-10-22)25-12-16(24)19-14-8-5-7-13(18)11-14/h3-5,7-11H,2,6,12H2,1H3,(H,19,24). The maximum absolute atomic E-state index is 13.2. The van der Waals surface area contributed by atoms with Gasteiger partial charge < -0.3 is 5.32 Å². The number of nitrogens with zero attached hydrogens (tertiary/aromatic N) is 4. The number of amides is 1. The van der Waals surface area contributed by atoms with Crippen LogP contribution in [-0.4, -0.2) is 31.2 Å². The monoisotopic (exact) mass is 359 g/mol. The Bertz CT molecular complexity index is 847. The third kappa shape index (κ3) is 4.27. The molecule has 6 nitrogen and oxygen atoms in total. The highest BCUT2D eigenvalue weighted by Crippen LogP contribution is 2.19. The fourth-order valence-corrected chi connectivity index (χ4v) is 3.10. The lowest BCUT2D eigenvalue weighted by atomic mass is 10.3. The molecular formula is C17H18FN5OS. The summed E-state index contributed by atoms with van der Waals surface area (Å²) in [6.45, 7) is 2.08. The second kappa shape index (κ2) is 7.98. The molecule has 1 N–H and O–H groups in total. The summed E-state index contributed by atoms with van der Waals surface area (Å²) in [4.78, 5) is 12.1. The van der Waals surface area contributed by atoms with Crippen LogP contribution in [0.15, 0.2) is 53.9 Å². The number of hydrogen-bond donors (Lipinski definition) is 1. The zero-order chi connectivity index (χ0) is 17.6. The van der Waals surface area contributed by atoms with E-state index in [0.717, 1.165) is 18.7 Å². The van der Waals surface area contributed by atoms with Gasteiger partial charge in [-0.2, -0.15) is 0 Å². The number of carbonyl (C=O) groups is 1. The zero-order valence-electron chi connectivity index (χ0n) is 13.7. The van der Waals surface area contributed by atoms with E-state index in [1.165, 1.54) is 23.9 Å². The van der Waals surface area contributed by atoms with Gasteiger partial charge in [0.05, 0.1) is 5.75 Å². The Hall–Kier alpha value is -2.61. The van der Waals surface area contributed by atoms with Crippen LogP contribution >= 0.6 is 11.8 Å². The van der Waals surface area contributed by atoms with Crippen LogP contribution in [0.25, 0.3) is 0 Å². The molecule has 0 aliphatic rings. The smallest absolute Gasteiger partial charge is 0.234 e. The lowest BCUT2D eigenvalue weighted by molar-refractivity contribution is -0.113. The SMILES string of the molecule is CCCc1nnc(SCC(=O)Nc2cccc(F)c2)n1-n1cccc1. The molecule has 25 heavy (non-hydrogen) atoms. The molecule has 3 rings (SSSR count). The number of benzene rings is 1. The molecule has 0 aliphatic heterocycles. The van der Waals surface area contributed by atoms with E-state index in [1.807, 2.05) is 33.9 Å². The molecule has 130 valence electrons. The minimum atomic E-state index is -0.387. The van der Waals surface area contributed by atoms with Gasteiger partial charge in [-0.25, -0.2) is 9.07 Å². The van der Waals surface area contributed by atoms with E-state index >= 15 is 0 Å². The molecule has 0 bridgehead atoms. The number of halogens is 1. The number of aromatic nitrogens is 4. The maximum atomic E-state index is 13.2. The topological polar surface area (TPSA) is 64.7 Å². The van der Waals surface area contributed by atoms with Crippen molar-refractivity contribution in [2.45, 2.75) is 24.9 Å². The summed E-state index contributed by atoms with van der Waals surface area (Å²) in [6.07, 6.45) is 5.55. The number of rotatable bonds is 7. The molecular weight excluding hydrogens is 341 g/mol. The van der Waals surface area contributed by atoms with E-state index < -0.39 is 0 Å². The number of aryl methyl sites for hydroxylation is 1. The first kappa shape index (κ1) is 17.2. The van der Waals surface area contributed by atoms with Crippen molar-refractivity contribution in [2.24, 2.45) is 0 Å². The molecule has 1 amide bonds. The third-order valence-electron chi connectivity index (χ3n) is 3.41. The largest absolute Gasteiger partial charge is 0.325 e. The van der Waals surface area contributed by atoms with Crippen molar-refractivity contribution >= 4 is 23.4 Å². The normalized spacial score (nSPS) is 10.8. The van der Waals surface area contributed by atoms with Gasteiger partial charge in [-0.15, -0.1) is 10.2 Å². The van der Waals surface area contributed by atoms with E-state index in [0.29, 0.717) is 10.8 Å². The summed E-state index contributed by atoms with van der Waals surface area (Å²) in [5.74, 6) is 0.380. The van der Waals surface area contributed by atoms with Crippen molar-refractivity contribution in [2.75, 3.05) is 11.1 Å². The van der Waals surface area contributed by atoms with Gasteiger partial charge in [0.15, 0.2) is 5.82 Å². The molecule has 0 fully saturated rings. The number of carbonyl (C=O) groups excluding carboxylic acids is 1. The molecule has 0 atom stereocenters. The highest BCUT2D eigenvalue weighted by molar-refractivity contribution is 7.99. The zero-order valence-corrected chi connectivity index (χ0v) is 14.5. The number of thioether (sulfide) groups is 1.